The largest absolute Gasteiger partial charge is 0.493 e. The second-order valence-electron chi connectivity index (χ2n) is 7.23. The lowest BCUT2D eigenvalue weighted by Gasteiger charge is -2.21. The van der Waals surface area contributed by atoms with Gasteiger partial charge < -0.3 is 15.3 Å². The molecular weight excluding hydrogens is 488 g/mol. The lowest BCUT2D eigenvalue weighted by atomic mass is 10.1. The molecule has 1 amide bonds. The van der Waals surface area contributed by atoms with Crippen molar-refractivity contribution in [3.8, 4) is 5.88 Å². The normalized spacial score (nSPS) is 11.5. The van der Waals surface area contributed by atoms with Gasteiger partial charge in [-0.1, -0.05) is 11.6 Å². The van der Waals surface area contributed by atoms with Crippen molar-refractivity contribution in [3.63, 3.8) is 0 Å². The molecule has 2 aromatic carbocycles. The van der Waals surface area contributed by atoms with E-state index < -0.39 is 38.6 Å². The molecule has 15 heteroatoms. The average Bonchev–Trinajstić information content (AvgIpc) is 3.07. The highest BCUT2D eigenvalue weighted by atomic mass is 35.5. The first-order valence-electron chi connectivity index (χ1n) is 10.0. The van der Waals surface area contributed by atoms with Crippen LogP contribution in [0.3, 0.4) is 0 Å². The van der Waals surface area contributed by atoms with E-state index in [4.69, 9.17) is 11.6 Å². The monoisotopic (exact) mass is 506 g/mol. The van der Waals surface area contributed by atoms with Crippen LogP contribution in [0, 0.1) is 20.2 Å². The quantitative estimate of drug-likeness (QED) is 0.210. The number of halogens is 1. The molecule has 0 fully saturated rings. The summed E-state index contributed by atoms with van der Waals surface area (Å²) in [6, 6.07) is 7.01. The molecule has 35 heavy (non-hydrogen) atoms. The molecule has 0 unspecified atom stereocenters. The van der Waals surface area contributed by atoms with E-state index in [0.717, 1.165) is 12.1 Å². The third kappa shape index (κ3) is 5.75. The molecule has 1 aromatic heterocycles. The third-order valence-corrected chi connectivity index (χ3v) is 5.19. The number of azo groups is 1. The van der Waals surface area contributed by atoms with Crippen LogP contribution in [-0.2, 0) is 6.67 Å². The molecular formula is C20H19ClN6O8. The Labute approximate surface area is 201 Å². The lowest BCUT2D eigenvalue weighted by Crippen LogP contribution is -2.31. The fourth-order valence-corrected chi connectivity index (χ4v) is 3.53. The van der Waals surface area contributed by atoms with Crippen LogP contribution in [0.1, 0.15) is 10.4 Å². The number of carbonyl (C=O) groups is 1. The Kier molecular flexibility index (Phi) is 8.03. The smallest absolute Gasteiger partial charge is 0.295 e. The van der Waals surface area contributed by atoms with E-state index in [1.54, 1.807) is 17.0 Å². The molecule has 3 N–H and O–H groups in total. The first-order valence-corrected chi connectivity index (χ1v) is 10.4. The Morgan fingerprint density at radius 1 is 1.03 bits per heavy atom. The average molecular weight is 507 g/mol. The van der Waals surface area contributed by atoms with Crippen molar-refractivity contribution in [2.45, 2.75) is 6.67 Å². The zero-order valence-corrected chi connectivity index (χ0v) is 18.7. The molecule has 184 valence electrons. The molecule has 3 rings (SSSR count). The van der Waals surface area contributed by atoms with Crippen molar-refractivity contribution >= 4 is 45.5 Å². The predicted octanol–water partition coefficient (Wildman–Crippen LogP) is 2.98. The van der Waals surface area contributed by atoms with Crippen LogP contribution in [0.5, 0.6) is 5.88 Å². The first kappa shape index (κ1) is 25.6. The van der Waals surface area contributed by atoms with Crippen LogP contribution in [0.15, 0.2) is 46.6 Å². The van der Waals surface area contributed by atoms with Crippen molar-refractivity contribution in [2.75, 3.05) is 26.3 Å². The van der Waals surface area contributed by atoms with Crippen molar-refractivity contribution < 1.29 is 30.0 Å². The van der Waals surface area contributed by atoms with Gasteiger partial charge >= 0.3 is 0 Å². The Morgan fingerprint density at radius 2 is 1.63 bits per heavy atom. The SMILES string of the molecule is O=C(N=Nc1c(O)n(CN(CCO)CCO)c2ccc(Cl)cc12)c1cc([N+](=O)[O-])cc([N+](=O)[O-])c1. The van der Waals surface area contributed by atoms with Crippen LogP contribution in [0.4, 0.5) is 17.1 Å². The molecule has 0 aliphatic rings. The molecule has 0 radical (unpaired) electrons. The number of aliphatic hydroxyl groups is 2. The second-order valence-corrected chi connectivity index (χ2v) is 7.66. The number of carbonyl (C=O) groups excluding carboxylic acids is 1. The van der Waals surface area contributed by atoms with E-state index in [1.807, 2.05) is 0 Å². The number of non-ortho nitro benzene ring substituents is 2. The van der Waals surface area contributed by atoms with Gasteiger partial charge in [0, 0.05) is 35.6 Å². The molecule has 14 nitrogen and oxygen atoms in total. The van der Waals surface area contributed by atoms with Gasteiger partial charge in [-0.25, -0.2) is 0 Å². The third-order valence-electron chi connectivity index (χ3n) is 4.96. The zero-order valence-electron chi connectivity index (χ0n) is 17.9. The highest BCUT2D eigenvalue weighted by Gasteiger charge is 2.22. The molecule has 3 aromatic rings. The number of aromatic hydroxyl groups is 1. The summed E-state index contributed by atoms with van der Waals surface area (Å²) in [4.78, 5) is 34.6. The highest BCUT2D eigenvalue weighted by molar-refractivity contribution is 6.31. The van der Waals surface area contributed by atoms with Crippen molar-refractivity contribution in [2.24, 2.45) is 10.2 Å². The van der Waals surface area contributed by atoms with E-state index >= 15 is 0 Å². The number of benzene rings is 2. The van der Waals surface area contributed by atoms with Crippen molar-refractivity contribution in [1.82, 2.24) is 9.47 Å². The van der Waals surface area contributed by atoms with Gasteiger partial charge in [-0.3, -0.25) is 34.5 Å². The number of nitro groups is 2. The molecule has 1 heterocycles. The van der Waals surface area contributed by atoms with Gasteiger partial charge in [-0.2, -0.15) is 0 Å². The maximum Gasteiger partial charge on any atom is 0.295 e. The molecule has 0 spiro atoms. The number of aromatic nitrogens is 1. The van der Waals surface area contributed by atoms with Crippen molar-refractivity contribution in [1.29, 1.82) is 0 Å². The maximum absolute atomic E-state index is 12.6. The number of amides is 1. The Balaban J connectivity index is 2.04. The highest BCUT2D eigenvalue weighted by Crippen LogP contribution is 2.40. The van der Waals surface area contributed by atoms with E-state index in [1.165, 1.54) is 10.6 Å². The molecule has 0 bridgehead atoms. The van der Waals surface area contributed by atoms with Gasteiger partial charge in [0.15, 0.2) is 5.69 Å². The summed E-state index contributed by atoms with van der Waals surface area (Å²) < 4.78 is 1.41. The minimum atomic E-state index is -1.11. The van der Waals surface area contributed by atoms with Gasteiger partial charge in [-0.15, -0.1) is 10.2 Å². The van der Waals surface area contributed by atoms with Gasteiger partial charge in [-0.05, 0) is 18.2 Å². The first-order chi connectivity index (χ1) is 16.7. The number of nitro benzene ring substituents is 2. The topological polar surface area (TPSA) is 197 Å². The van der Waals surface area contributed by atoms with E-state index in [-0.39, 0.29) is 38.7 Å². The van der Waals surface area contributed by atoms with Crippen molar-refractivity contribution in [3.05, 3.63) is 67.2 Å². The van der Waals surface area contributed by atoms with Crippen LogP contribution < -0.4 is 0 Å². The van der Waals surface area contributed by atoms with Crippen LogP contribution >= 0.6 is 11.6 Å². The van der Waals surface area contributed by atoms with E-state index in [2.05, 4.69) is 10.2 Å². The minimum Gasteiger partial charge on any atom is -0.493 e. The standard InChI is InChI=1S/C20H19ClN6O8/c21-13-1-2-17-16(9-13)18(20(31)25(17)11-24(3-5-28)4-6-29)22-23-19(30)12-7-14(26(32)33)10-15(8-12)27(34)35/h1-2,7-10,28-29,31H,3-6,11H2. The van der Waals surface area contributed by atoms with E-state index in [9.17, 15) is 40.3 Å². The Hall–Kier alpha value is -3.98. The summed E-state index contributed by atoms with van der Waals surface area (Å²) in [5, 5.41) is 59.4. The molecule has 0 atom stereocenters. The number of hydrogen-bond acceptors (Lipinski definition) is 10. The zero-order chi connectivity index (χ0) is 25.7. The molecule has 0 aliphatic heterocycles. The van der Waals surface area contributed by atoms with Crippen LogP contribution in [0.2, 0.25) is 5.02 Å². The summed E-state index contributed by atoms with van der Waals surface area (Å²) in [5.41, 5.74) is -1.45. The number of aliphatic hydroxyl groups excluding tert-OH is 2. The molecule has 0 saturated heterocycles. The minimum absolute atomic E-state index is 0.0472. The maximum atomic E-state index is 12.6. The van der Waals surface area contributed by atoms with Gasteiger partial charge in [0.1, 0.15) is 0 Å². The number of rotatable bonds is 10. The lowest BCUT2D eigenvalue weighted by molar-refractivity contribution is -0.394. The fraction of sp³-hybridized carbons (Fsp3) is 0.250. The predicted molar refractivity (Wildman–Crippen MR) is 123 cm³/mol. The van der Waals surface area contributed by atoms with Gasteiger partial charge in [0.05, 0.1) is 46.9 Å². The summed E-state index contributed by atoms with van der Waals surface area (Å²) in [6.07, 6.45) is 0. The van der Waals surface area contributed by atoms with E-state index in [0.29, 0.717) is 22.0 Å². The summed E-state index contributed by atoms with van der Waals surface area (Å²) in [6.45, 7) is 0.0678. The molecule has 0 aliphatic carbocycles. The number of fused-ring (bicyclic) bond motifs is 1. The van der Waals surface area contributed by atoms with Gasteiger partial charge in [0.25, 0.3) is 17.3 Å². The summed E-state index contributed by atoms with van der Waals surface area (Å²) in [5.74, 6) is -1.51. The molecule has 0 saturated carbocycles. The summed E-state index contributed by atoms with van der Waals surface area (Å²) in [7, 11) is 0. The Morgan fingerprint density at radius 3 is 2.17 bits per heavy atom. The number of nitrogens with zero attached hydrogens (tertiary/aromatic N) is 6. The Bertz CT molecular complexity index is 1290. The van der Waals surface area contributed by atoms with Crippen LogP contribution in [0.25, 0.3) is 10.9 Å². The fourth-order valence-electron chi connectivity index (χ4n) is 3.36. The van der Waals surface area contributed by atoms with Crippen LogP contribution in [-0.4, -0.2) is 66.8 Å². The number of hydrogen-bond donors (Lipinski definition) is 3. The second kappa shape index (κ2) is 11.0. The van der Waals surface area contributed by atoms with Gasteiger partial charge in [0.2, 0.25) is 5.88 Å². The summed E-state index contributed by atoms with van der Waals surface area (Å²) >= 11 is 6.08.